The van der Waals surface area contributed by atoms with Gasteiger partial charge in [-0.25, -0.2) is 4.57 Å². The van der Waals surface area contributed by atoms with Crippen molar-refractivity contribution in [3.05, 3.63) is 89.6 Å². The van der Waals surface area contributed by atoms with Gasteiger partial charge in [-0.1, -0.05) is 67.8 Å². The van der Waals surface area contributed by atoms with Crippen LogP contribution in [0.15, 0.2) is 72.9 Å². The van der Waals surface area contributed by atoms with Gasteiger partial charge < -0.3 is 0 Å². The molecular formula is C36H40N+. The van der Waals surface area contributed by atoms with Crippen LogP contribution < -0.4 is 4.57 Å². The molecule has 37 heavy (non-hydrogen) atoms. The highest BCUT2D eigenvalue weighted by Gasteiger charge is 2.38. The standard InChI is InChI=1S/C36H40N/c1-24-8-6-7-11-33(24)36-22-34(35(23-37(36)2)27-9-4-3-5-10-27)31-15-14-28-20-30(13-12-29(28)21-31)32-18-25-16-26(17-25)19-32/h6-8,11-15,20-23,25-27,32H,3-5,9-10,16-19H2,1-2H3/q+1/i27D,32D. The van der Waals surface area contributed by atoms with Crippen molar-refractivity contribution in [2.75, 3.05) is 0 Å². The first-order valence-corrected chi connectivity index (χ1v) is 14.5. The molecule has 1 aromatic heterocycles. The van der Waals surface area contributed by atoms with Crippen LogP contribution in [0.1, 0.15) is 89.0 Å². The minimum absolute atomic E-state index is 0.416. The maximum Gasteiger partial charge on any atom is 0.213 e. The lowest BCUT2D eigenvalue weighted by Gasteiger charge is -2.45. The van der Waals surface area contributed by atoms with Gasteiger partial charge in [-0.05, 0) is 114 Å². The van der Waals surface area contributed by atoms with E-state index >= 15 is 0 Å². The highest BCUT2D eigenvalue weighted by atomic mass is 14.9. The Balaban J connectivity index is 1.34. The molecule has 0 spiro atoms. The molecule has 1 heteroatoms. The zero-order valence-electron chi connectivity index (χ0n) is 24.4. The van der Waals surface area contributed by atoms with E-state index in [2.05, 4.69) is 91.5 Å². The smallest absolute Gasteiger partial charge is 0.201 e. The summed E-state index contributed by atoms with van der Waals surface area (Å²) in [5.74, 6) is 0.558. The van der Waals surface area contributed by atoms with E-state index in [-0.39, 0.29) is 0 Å². The molecule has 0 radical (unpaired) electrons. The average Bonchev–Trinajstić information content (AvgIpc) is 2.93. The van der Waals surface area contributed by atoms with Gasteiger partial charge in [0.1, 0.15) is 7.05 Å². The second-order valence-corrected chi connectivity index (χ2v) is 12.1. The van der Waals surface area contributed by atoms with Gasteiger partial charge in [0.05, 0.1) is 0 Å². The Morgan fingerprint density at radius 2 is 1.46 bits per heavy atom. The van der Waals surface area contributed by atoms with Crippen molar-refractivity contribution in [1.29, 1.82) is 0 Å². The van der Waals surface area contributed by atoms with Crippen LogP contribution in [0, 0.1) is 18.8 Å². The number of aromatic nitrogens is 1. The van der Waals surface area contributed by atoms with Crippen LogP contribution >= 0.6 is 0 Å². The molecule has 0 aliphatic heterocycles. The second-order valence-electron chi connectivity index (χ2n) is 12.1. The van der Waals surface area contributed by atoms with Crippen LogP contribution in [0.3, 0.4) is 0 Å². The largest absolute Gasteiger partial charge is 0.213 e. The van der Waals surface area contributed by atoms with Gasteiger partial charge in [0.15, 0.2) is 6.20 Å². The molecule has 2 bridgehead atoms. The van der Waals surface area contributed by atoms with Crippen molar-refractivity contribution in [1.82, 2.24) is 0 Å². The molecule has 0 N–H and O–H groups in total. The topological polar surface area (TPSA) is 3.88 Å². The van der Waals surface area contributed by atoms with Crippen LogP contribution in [-0.2, 0) is 7.05 Å². The quantitative estimate of drug-likeness (QED) is 0.252. The summed E-state index contributed by atoms with van der Waals surface area (Å²) in [4.78, 5) is 0. The fourth-order valence-corrected chi connectivity index (χ4v) is 7.40. The summed E-state index contributed by atoms with van der Waals surface area (Å²) in [5, 5.41) is 2.45. The molecule has 4 aliphatic rings. The molecule has 8 rings (SSSR count). The highest BCUT2D eigenvalue weighted by molar-refractivity contribution is 5.89. The third-order valence-electron chi connectivity index (χ3n) is 9.50. The number of pyridine rings is 1. The Morgan fingerprint density at radius 3 is 2.24 bits per heavy atom. The molecule has 4 saturated carbocycles. The minimum atomic E-state index is -0.548. The van der Waals surface area contributed by atoms with E-state index in [1.165, 1.54) is 63.5 Å². The number of rotatable bonds is 4. The molecule has 1 heterocycles. The van der Waals surface area contributed by atoms with E-state index in [0.29, 0.717) is 0 Å². The maximum absolute atomic E-state index is 9.58. The van der Waals surface area contributed by atoms with Crippen molar-refractivity contribution < 1.29 is 7.31 Å². The van der Waals surface area contributed by atoms with Crippen LogP contribution in [0.5, 0.6) is 0 Å². The van der Waals surface area contributed by atoms with E-state index in [9.17, 15) is 2.74 Å². The van der Waals surface area contributed by atoms with E-state index in [4.69, 9.17) is 0 Å². The third-order valence-corrected chi connectivity index (χ3v) is 9.50. The van der Waals surface area contributed by atoms with E-state index in [1.807, 2.05) is 0 Å². The summed E-state index contributed by atoms with van der Waals surface area (Å²) < 4.78 is 21.1. The summed E-state index contributed by atoms with van der Waals surface area (Å²) in [6, 6.07) is 24.5. The summed E-state index contributed by atoms with van der Waals surface area (Å²) in [7, 11) is 2.13. The monoisotopic (exact) mass is 488 g/mol. The maximum atomic E-state index is 9.58. The highest BCUT2D eigenvalue weighted by Crippen LogP contribution is 2.51. The van der Waals surface area contributed by atoms with Crippen molar-refractivity contribution in [2.45, 2.75) is 76.5 Å². The molecule has 0 amide bonds. The van der Waals surface area contributed by atoms with E-state index in [0.717, 1.165) is 55.9 Å². The van der Waals surface area contributed by atoms with Gasteiger partial charge in [-0.15, -0.1) is 0 Å². The molecule has 4 aromatic rings. The molecule has 0 unspecified atom stereocenters. The summed E-state index contributed by atoms with van der Waals surface area (Å²) in [6.07, 6.45) is 12.3. The summed E-state index contributed by atoms with van der Waals surface area (Å²) in [5.41, 5.74) is 8.43. The lowest BCUT2D eigenvalue weighted by atomic mass is 9.60. The van der Waals surface area contributed by atoms with Gasteiger partial charge in [0.25, 0.3) is 0 Å². The third kappa shape index (κ3) is 4.31. The Labute approximate surface area is 225 Å². The molecule has 3 aromatic carbocycles. The number of hydrogen-bond donors (Lipinski definition) is 0. The number of hydrogen-bond acceptors (Lipinski definition) is 0. The molecule has 4 fully saturated rings. The fourth-order valence-electron chi connectivity index (χ4n) is 7.40. The zero-order chi connectivity index (χ0) is 26.8. The Morgan fingerprint density at radius 1 is 0.730 bits per heavy atom. The molecule has 1 nitrogen and oxygen atoms in total. The van der Waals surface area contributed by atoms with Crippen LogP contribution in [0.2, 0.25) is 0 Å². The number of aryl methyl sites for hydroxylation is 2. The second kappa shape index (κ2) is 9.43. The number of benzene rings is 3. The molecular weight excluding hydrogens is 446 g/mol. The van der Waals surface area contributed by atoms with Crippen LogP contribution in [-0.4, -0.2) is 0 Å². The average molecular weight is 489 g/mol. The molecule has 4 aliphatic carbocycles. The first-order valence-electron chi connectivity index (χ1n) is 15.5. The predicted octanol–water partition coefficient (Wildman–Crippen LogP) is 9.26. The van der Waals surface area contributed by atoms with E-state index < -0.39 is 11.8 Å². The SMILES string of the molecule is [2H]C1(c2ccc3cc(-c4cc(-c5ccccc5C)[n+](C)cc4C4([2H])CCCCC4)ccc3c2)CC2CC(C2)C1. The summed E-state index contributed by atoms with van der Waals surface area (Å²) in [6.45, 7) is 2.18. The first kappa shape index (κ1) is 21.1. The van der Waals surface area contributed by atoms with Crippen molar-refractivity contribution in [2.24, 2.45) is 18.9 Å². The molecule has 0 saturated heterocycles. The molecule has 188 valence electrons. The van der Waals surface area contributed by atoms with E-state index in [1.54, 1.807) is 0 Å². The van der Waals surface area contributed by atoms with Gasteiger partial charge in [-0.3, -0.25) is 0 Å². The van der Waals surface area contributed by atoms with Gasteiger partial charge >= 0.3 is 0 Å². The Kier molecular flexibility index (Phi) is 5.36. The number of fused-ring (bicyclic) bond motifs is 3. The van der Waals surface area contributed by atoms with Crippen molar-refractivity contribution in [3.8, 4) is 22.4 Å². The summed E-state index contributed by atoms with van der Waals surface area (Å²) >= 11 is 0. The minimum Gasteiger partial charge on any atom is -0.201 e. The first-order chi connectivity index (χ1) is 18.8. The normalized spacial score (nSPS) is 27.3. The van der Waals surface area contributed by atoms with Crippen molar-refractivity contribution >= 4 is 10.8 Å². The number of nitrogens with zero attached hydrogens (tertiary/aromatic N) is 1. The van der Waals surface area contributed by atoms with Crippen molar-refractivity contribution in [3.63, 3.8) is 0 Å². The van der Waals surface area contributed by atoms with Gasteiger partial charge in [-0.2, -0.15) is 0 Å². The van der Waals surface area contributed by atoms with Crippen LogP contribution in [0.4, 0.5) is 0 Å². The predicted molar refractivity (Wildman–Crippen MR) is 155 cm³/mol. The fraction of sp³-hybridized carbons (Fsp3) is 0.417. The lowest BCUT2D eigenvalue weighted by Crippen LogP contribution is -2.32. The lowest BCUT2D eigenvalue weighted by molar-refractivity contribution is -0.660. The Hall–Kier alpha value is -2.93. The molecule has 0 atom stereocenters. The Bertz CT molecular complexity index is 1550. The zero-order valence-corrected chi connectivity index (χ0v) is 22.4. The van der Waals surface area contributed by atoms with Gasteiger partial charge in [0.2, 0.25) is 5.69 Å². The van der Waals surface area contributed by atoms with Crippen LogP contribution in [0.25, 0.3) is 33.2 Å². The van der Waals surface area contributed by atoms with Gasteiger partial charge in [0, 0.05) is 19.9 Å².